The van der Waals surface area contributed by atoms with E-state index in [1.807, 2.05) is 13.8 Å². The normalized spacial score (nSPS) is 14.0. The van der Waals surface area contributed by atoms with Crippen LogP contribution in [0.3, 0.4) is 0 Å². The lowest BCUT2D eigenvalue weighted by molar-refractivity contribution is 0.130. The fraction of sp³-hybridized carbons (Fsp3) is 0.350. The number of nitrogens with zero attached hydrogens (tertiary/aromatic N) is 2. The molecule has 1 heterocycles. The first-order valence-electron chi connectivity index (χ1n) is 8.86. The standard InChI is InChI=1S/C20H23F2N3O2/c1-12(2)24-16-9-5-8-15(22)19(16)25(20(24)27)18(17(26)11-23-3)13-6-4-7-14(21)10-13/h4-10,12,17-18,23,26H,11H2,1-3H3/t17-,18+/m1/s1. The average Bonchev–Trinajstić information content (AvgIpc) is 2.89. The third kappa shape index (κ3) is 3.40. The summed E-state index contributed by atoms with van der Waals surface area (Å²) in [6.45, 7) is 3.81. The molecule has 0 aliphatic heterocycles. The number of likely N-dealkylation sites (N-methyl/N-ethyl adjacent to an activating group) is 1. The lowest BCUT2D eigenvalue weighted by Gasteiger charge is -2.25. The minimum atomic E-state index is -1.07. The Morgan fingerprint density at radius 2 is 1.81 bits per heavy atom. The van der Waals surface area contributed by atoms with Crippen molar-refractivity contribution in [2.45, 2.75) is 32.0 Å². The molecule has 0 radical (unpaired) electrons. The number of halogens is 2. The van der Waals surface area contributed by atoms with Gasteiger partial charge in [0.2, 0.25) is 0 Å². The summed E-state index contributed by atoms with van der Waals surface area (Å²) in [5.41, 5.74) is 0.481. The summed E-state index contributed by atoms with van der Waals surface area (Å²) in [6, 6.07) is 9.01. The summed E-state index contributed by atoms with van der Waals surface area (Å²) in [7, 11) is 1.66. The van der Waals surface area contributed by atoms with E-state index in [1.165, 1.54) is 33.4 Å². The second-order valence-electron chi connectivity index (χ2n) is 6.85. The maximum atomic E-state index is 14.8. The Morgan fingerprint density at radius 1 is 1.11 bits per heavy atom. The van der Waals surface area contributed by atoms with Gasteiger partial charge in [0.25, 0.3) is 0 Å². The molecule has 0 bridgehead atoms. The summed E-state index contributed by atoms with van der Waals surface area (Å²) in [5.74, 6) is -1.06. The minimum absolute atomic E-state index is 0.0978. The number of nitrogens with one attached hydrogen (secondary N) is 1. The van der Waals surface area contributed by atoms with Crippen molar-refractivity contribution in [3.05, 3.63) is 70.1 Å². The van der Waals surface area contributed by atoms with Crippen LogP contribution in [0, 0.1) is 11.6 Å². The fourth-order valence-electron chi connectivity index (χ4n) is 3.56. The van der Waals surface area contributed by atoms with Crippen LogP contribution in [0.25, 0.3) is 11.0 Å². The Hall–Kier alpha value is -2.51. The molecular formula is C20H23F2N3O2. The highest BCUT2D eigenvalue weighted by atomic mass is 19.1. The van der Waals surface area contributed by atoms with Gasteiger partial charge in [-0.25, -0.2) is 13.6 Å². The lowest BCUT2D eigenvalue weighted by Crippen LogP contribution is -2.39. The molecule has 27 heavy (non-hydrogen) atoms. The molecule has 2 atom stereocenters. The van der Waals surface area contributed by atoms with Crippen LogP contribution in [-0.2, 0) is 0 Å². The smallest absolute Gasteiger partial charge is 0.330 e. The summed E-state index contributed by atoms with van der Waals surface area (Å²) >= 11 is 0. The van der Waals surface area contributed by atoms with Gasteiger partial charge in [0, 0.05) is 12.6 Å². The molecule has 0 aliphatic carbocycles. The van der Waals surface area contributed by atoms with E-state index in [4.69, 9.17) is 0 Å². The third-order valence-corrected chi connectivity index (χ3v) is 4.64. The molecule has 1 aromatic heterocycles. The van der Waals surface area contributed by atoms with Gasteiger partial charge >= 0.3 is 5.69 Å². The molecular weight excluding hydrogens is 352 g/mol. The first-order chi connectivity index (χ1) is 12.9. The maximum Gasteiger partial charge on any atom is 0.330 e. The molecule has 0 spiro atoms. The summed E-state index contributed by atoms with van der Waals surface area (Å²) in [4.78, 5) is 13.2. The Kier molecular flexibility index (Phi) is 5.43. The van der Waals surface area contributed by atoms with E-state index in [9.17, 15) is 18.7 Å². The van der Waals surface area contributed by atoms with Crippen molar-refractivity contribution in [2.24, 2.45) is 0 Å². The Morgan fingerprint density at radius 3 is 2.44 bits per heavy atom. The van der Waals surface area contributed by atoms with Crippen LogP contribution >= 0.6 is 0 Å². The van der Waals surface area contributed by atoms with Crippen molar-refractivity contribution in [1.82, 2.24) is 14.5 Å². The maximum absolute atomic E-state index is 14.8. The second-order valence-corrected chi connectivity index (χ2v) is 6.85. The largest absolute Gasteiger partial charge is 0.389 e. The molecule has 3 rings (SSSR count). The summed E-state index contributed by atoms with van der Waals surface area (Å²) < 4.78 is 31.3. The van der Waals surface area contributed by atoms with Crippen LogP contribution < -0.4 is 11.0 Å². The SMILES string of the molecule is CNC[C@@H](O)[C@H](c1cccc(F)c1)n1c(=O)n(C(C)C)c2cccc(F)c21. The number of aromatic nitrogens is 2. The van der Waals surface area contributed by atoms with Gasteiger partial charge in [-0.1, -0.05) is 18.2 Å². The molecule has 144 valence electrons. The zero-order valence-electron chi connectivity index (χ0n) is 15.5. The molecule has 2 N–H and O–H groups in total. The first-order valence-corrected chi connectivity index (χ1v) is 8.86. The van der Waals surface area contributed by atoms with Gasteiger partial charge in [0.1, 0.15) is 17.2 Å². The molecule has 0 aliphatic rings. The van der Waals surface area contributed by atoms with Crippen molar-refractivity contribution in [2.75, 3.05) is 13.6 Å². The fourth-order valence-corrected chi connectivity index (χ4v) is 3.56. The summed E-state index contributed by atoms with van der Waals surface area (Å²) in [6.07, 6.45) is -1.07. The van der Waals surface area contributed by atoms with Crippen molar-refractivity contribution >= 4 is 11.0 Å². The number of fused-ring (bicyclic) bond motifs is 1. The van der Waals surface area contributed by atoms with Crippen LogP contribution in [-0.4, -0.2) is 33.9 Å². The van der Waals surface area contributed by atoms with Gasteiger partial charge in [-0.05, 0) is 50.7 Å². The number of para-hydroxylation sites is 1. The van der Waals surface area contributed by atoms with E-state index >= 15 is 0 Å². The minimum Gasteiger partial charge on any atom is -0.389 e. The van der Waals surface area contributed by atoms with E-state index in [2.05, 4.69) is 5.32 Å². The Balaban J connectivity index is 2.37. The van der Waals surface area contributed by atoms with E-state index < -0.39 is 29.5 Å². The van der Waals surface area contributed by atoms with E-state index in [0.717, 1.165) is 0 Å². The molecule has 0 saturated heterocycles. The van der Waals surface area contributed by atoms with E-state index in [-0.39, 0.29) is 18.1 Å². The second kappa shape index (κ2) is 7.62. The molecule has 3 aromatic rings. The molecule has 7 heteroatoms. The molecule has 5 nitrogen and oxygen atoms in total. The molecule has 0 saturated carbocycles. The molecule has 0 unspecified atom stereocenters. The van der Waals surface area contributed by atoms with Crippen LogP contribution in [0.1, 0.15) is 31.5 Å². The third-order valence-electron chi connectivity index (χ3n) is 4.64. The first kappa shape index (κ1) is 19.3. The van der Waals surface area contributed by atoms with Crippen LogP contribution in [0.4, 0.5) is 8.78 Å². The van der Waals surface area contributed by atoms with Crippen LogP contribution in [0.2, 0.25) is 0 Å². The molecule has 0 fully saturated rings. The van der Waals surface area contributed by atoms with Crippen molar-refractivity contribution in [3.63, 3.8) is 0 Å². The number of benzene rings is 2. The highest BCUT2D eigenvalue weighted by Gasteiger charge is 2.30. The number of hydrogen-bond acceptors (Lipinski definition) is 3. The number of imidazole rings is 1. The highest BCUT2D eigenvalue weighted by Crippen LogP contribution is 2.29. The summed E-state index contributed by atoms with van der Waals surface area (Å²) in [5, 5.41) is 13.6. The van der Waals surface area contributed by atoms with Gasteiger partial charge < -0.3 is 10.4 Å². The quantitative estimate of drug-likeness (QED) is 0.697. The van der Waals surface area contributed by atoms with Gasteiger partial charge in [-0.2, -0.15) is 0 Å². The lowest BCUT2D eigenvalue weighted by atomic mass is 10.0. The number of aliphatic hydroxyl groups excluding tert-OH is 1. The predicted molar refractivity (Wildman–Crippen MR) is 101 cm³/mol. The van der Waals surface area contributed by atoms with E-state index in [1.54, 1.807) is 25.2 Å². The highest BCUT2D eigenvalue weighted by molar-refractivity contribution is 5.77. The van der Waals surface area contributed by atoms with Crippen molar-refractivity contribution in [3.8, 4) is 0 Å². The van der Waals surface area contributed by atoms with Gasteiger partial charge in [0.15, 0.2) is 0 Å². The van der Waals surface area contributed by atoms with Crippen LogP contribution in [0.5, 0.6) is 0 Å². The van der Waals surface area contributed by atoms with Crippen molar-refractivity contribution in [1.29, 1.82) is 0 Å². The monoisotopic (exact) mass is 375 g/mol. The average molecular weight is 375 g/mol. The van der Waals surface area contributed by atoms with Crippen molar-refractivity contribution < 1.29 is 13.9 Å². The number of rotatable bonds is 6. The van der Waals surface area contributed by atoms with Gasteiger partial charge in [0.05, 0.1) is 17.7 Å². The zero-order chi connectivity index (χ0) is 19.7. The Bertz CT molecular complexity index is 1010. The zero-order valence-corrected chi connectivity index (χ0v) is 15.5. The van der Waals surface area contributed by atoms with Crippen LogP contribution in [0.15, 0.2) is 47.3 Å². The number of hydrogen-bond donors (Lipinski definition) is 2. The predicted octanol–water partition coefficient (Wildman–Crippen LogP) is 2.83. The molecule has 2 aromatic carbocycles. The van der Waals surface area contributed by atoms with Gasteiger partial charge in [-0.3, -0.25) is 9.13 Å². The topological polar surface area (TPSA) is 59.2 Å². The van der Waals surface area contributed by atoms with E-state index in [0.29, 0.717) is 11.1 Å². The number of aliphatic hydroxyl groups is 1. The Labute approximate surface area is 155 Å². The molecule has 0 amide bonds. The van der Waals surface area contributed by atoms with Gasteiger partial charge in [-0.15, -0.1) is 0 Å².